The predicted octanol–water partition coefficient (Wildman–Crippen LogP) is 1.41. The number of oxime groups is 1. The highest BCUT2D eigenvalue weighted by atomic mass is 16.4. The van der Waals surface area contributed by atoms with E-state index in [1.54, 1.807) is 19.1 Å². The smallest absolute Gasteiger partial charge is 0.123 e. The van der Waals surface area contributed by atoms with Gasteiger partial charge < -0.3 is 15.4 Å². The fraction of sp³-hybridized carbons (Fsp3) is 0.222. The van der Waals surface area contributed by atoms with Crippen molar-refractivity contribution in [1.82, 2.24) is 0 Å². The van der Waals surface area contributed by atoms with Crippen LogP contribution in [0.2, 0.25) is 0 Å². The number of aryl methyl sites for hydroxylation is 1. The van der Waals surface area contributed by atoms with Crippen LogP contribution in [0.5, 0.6) is 11.5 Å². The van der Waals surface area contributed by atoms with Crippen LogP contribution in [0.4, 0.5) is 0 Å². The Labute approximate surface area is 75.8 Å². The quantitative estimate of drug-likeness (QED) is 0.367. The van der Waals surface area contributed by atoms with Gasteiger partial charge in [-0.15, -0.1) is 5.16 Å². The van der Waals surface area contributed by atoms with Crippen molar-refractivity contribution in [3.05, 3.63) is 23.3 Å². The lowest BCUT2D eigenvalue weighted by Gasteiger charge is -2.05. The molecule has 0 bridgehead atoms. The standard InChI is InChI=1S/C9H11NO3/c1-6-4-8(11)7(2-3-10-13)9(12)5-6/h3-5,11-13H,2H2,1H3. The van der Waals surface area contributed by atoms with Crippen LogP contribution in [0.25, 0.3) is 0 Å². The molecule has 0 saturated heterocycles. The van der Waals surface area contributed by atoms with Gasteiger partial charge in [0.1, 0.15) is 11.5 Å². The average molecular weight is 181 g/mol. The second-order valence-corrected chi connectivity index (χ2v) is 2.78. The van der Waals surface area contributed by atoms with E-state index in [-0.39, 0.29) is 17.9 Å². The SMILES string of the molecule is Cc1cc(O)c(CC=NO)c(O)c1. The second kappa shape index (κ2) is 3.80. The molecule has 4 nitrogen and oxygen atoms in total. The summed E-state index contributed by atoms with van der Waals surface area (Å²) in [5, 5.41) is 29.7. The minimum absolute atomic E-state index is 0.0115. The van der Waals surface area contributed by atoms with Crippen LogP contribution in [0.3, 0.4) is 0 Å². The molecule has 1 aromatic rings. The van der Waals surface area contributed by atoms with E-state index >= 15 is 0 Å². The molecule has 4 heteroatoms. The Bertz CT molecular complexity index is 311. The first-order chi connectivity index (χ1) is 6.15. The van der Waals surface area contributed by atoms with Crippen molar-refractivity contribution in [2.24, 2.45) is 5.16 Å². The van der Waals surface area contributed by atoms with Crippen molar-refractivity contribution in [1.29, 1.82) is 0 Å². The van der Waals surface area contributed by atoms with Crippen LogP contribution in [-0.2, 0) is 6.42 Å². The zero-order valence-electron chi connectivity index (χ0n) is 7.23. The van der Waals surface area contributed by atoms with Gasteiger partial charge in [0, 0.05) is 18.2 Å². The summed E-state index contributed by atoms with van der Waals surface area (Å²) < 4.78 is 0. The molecule has 0 radical (unpaired) electrons. The van der Waals surface area contributed by atoms with Gasteiger partial charge in [-0.05, 0) is 24.6 Å². The third kappa shape index (κ3) is 2.11. The number of benzene rings is 1. The Morgan fingerprint density at radius 2 is 1.85 bits per heavy atom. The van der Waals surface area contributed by atoms with Crippen molar-refractivity contribution in [3.63, 3.8) is 0 Å². The Kier molecular flexibility index (Phi) is 2.74. The number of aromatic hydroxyl groups is 2. The lowest BCUT2D eigenvalue weighted by molar-refractivity contribution is 0.320. The van der Waals surface area contributed by atoms with Gasteiger partial charge in [-0.1, -0.05) is 0 Å². The maximum Gasteiger partial charge on any atom is 0.123 e. The number of phenolic OH excluding ortho intramolecular Hbond substituents is 2. The number of phenols is 2. The summed E-state index contributed by atoms with van der Waals surface area (Å²) >= 11 is 0. The number of rotatable bonds is 2. The van der Waals surface area contributed by atoms with E-state index in [4.69, 9.17) is 5.21 Å². The molecule has 1 aromatic carbocycles. The van der Waals surface area contributed by atoms with E-state index in [9.17, 15) is 10.2 Å². The largest absolute Gasteiger partial charge is 0.508 e. The van der Waals surface area contributed by atoms with Crippen LogP contribution in [0, 0.1) is 6.92 Å². The van der Waals surface area contributed by atoms with Gasteiger partial charge in [0.05, 0.1) is 0 Å². The number of hydrogen-bond acceptors (Lipinski definition) is 4. The molecular weight excluding hydrogens is 170 g/mol. The predicted molar refractivity (Wildman–Crippen MR) is 48.5 cm³/mol. The molecular formula is C9H11NO3. The second-order valence-electron chi connectivity index (χ2n) is 2.78. The Balaban J connectivity index is 3.05. The summed E-state index contributed by atoms with van der Waals surface area (Å²) in [5.74, 6) is 0.0230. The summed E-state index contributed by atoms with van der Waals surface area (Å²) in [6.45, 7) is 1.77. The highest BCUT2D eigenvalue weighted by Gasteiger charge is 2.06. The van der Waals surface area contributed by atoms with Crippen molar-refractivity contribution < 1.29 is 15.4 Å². The molecule has 13 heavy (non-hydrogen) atoms. The first-order valence-electron chi connectivity index (χ1n) is 3.82. The lowest BCUT2D eigenvalue weighted by Crippen LogP contribution is -1.89. The molecule has 0 aliphatic carbocycles. The zero-order valence-corrected chi connectivity index (χ0v) is 7.23. The number of hydrogen-bond donors (Lipinski definition) is 3. The summed E-state index contributed by atoms with van der Waals surface area (Å²) in [6, 6.07) is 3.08. The van der Waals surface area contributed by atoms with Crippen LogP contribution in [0.1, 0.15) is 11.1 Å². The third-order valence-corrected chi connectivity index (χ3v) is 1.72. The van der Waals surface area contributed by atoms with Gasteiger partial charge in [0.25, 0.3) is 0 Å². The van der Waals surface area contributed by atoms with E-state index in [1.165, 1.54) is 6.21 Å². The van der Waals surface area contributed by atoms with Gasteiger partial charge in [-0.2, -0.15) is 0 Å². The van der Waals surface area contributed by atoms with Crippen LogP contribution >= 0.6 is 0 Å². The zero-order chi connectivity index (χ0) is 9.84. The minimum atomic E-state index is 0.0115. The molecule has 0 atom stereocenters. The summed E-state index contributed by atoms with van der Waals surface area (Å²) in [5.41, 5.74) is 1.14. The van der Waals surface area contributed by atoms with Crippen LogP contribution < -0.4 is 0 Å². The first-order valence-corrected chi connectivity index (χ1v) is 3.82. The van der Waals surface area contributed by atoms with Gasteiger partial charge in [0.15, 0.2) is 0 Å². The van der Waals surface area contributed by atoms with E-state index in [2.05, 4.69) is 5.16 Å². The molecule has 3 N–H and O–H groups in total. The molecule has 0 spiro atoms. The molecule has 0 unspecified atom stereocenters. The topological polar surface area (TPSA) is 73.1 Å². The number of nitrogens with zero attached hydrogens (tertiary/aromatic N) is 1. The van der Waals surface area contributed by atoms with Crippen LogP contribution in [0.15, 0.2) is 17.3 Å². The normalized spacial score (nSPS) is 10.8. The van der Waals surface area contributed by atoms with E-state index in [1.807, 2.05) is 0 Å². The molecule has 0 aliphatic rings. The molecule has 0 saturated carbocycles. The molecule has 0 heterocycles. The molecule has 0 aromatic heterocycles. The summed E-state index contributed by atoms with van der Waals surface area (Å²) in [6.07, 6.45) is 1.40. The highest BCUT2D eigenvalue weighted by molar-refractivity contribution is 5.65. The molecule has 0 fully saturated rings. The van der Waals surface area contributed by atoms with Crippen molar-refractivity contribution in [2.45, 2.75) is 13.3 Å². The first kappa shape index (κ1) is 9.38. The van der Waals surface area contributed by atoms with E-state index in [0.717, 1.165) is 5.56 Å². The van der Waals surface area contributed by atoms with Gasteiger partial charge in [0.2, 0.25) is 0 Å². The molecule has 1 rings (SSSR count). The molecule has 0 aliphatic heterocycles. The fourth-order valence-electron chi connectivity index (χ4n) is 1.12. The van der Waals surface area contributed by atoms with Crippen molar-refractivity contribution in [3.8, 4) is 11.5 Å². The Morgan fingerprint density at radius 1 is 1.31 bits per heavy atom. The third-order valence-electron chi connectivity index (χ3n) is 1.72. The van der Waals surface area contributed by atoms with Crippen molar-refractivity contribution >= 4 is 6.21 Å². The molecule has 70 valence electrons. The van der Waals surface area contributed by atoms with Crippen molar-refractivity contribution in [2.75, 3.05) is 0 Å². The minimum Gasteiger partial charge on any atom is -0.508 e. The van der Waals surface area contributed by atoms with Crippen LogP contribution in [-0.4, -0.2) is 21.6 Å². The Hall–Kier alpha value is -1.71. The average Bonchev–Trinajstić information content (AvgIpc) is 2.02. The maximum atomic E-state index is 9.40. The summed E-state index contributed by atoms with van der Waals surface area (Å²) in [7, 11) is 0. The lowest BCUT2D eigenvalue weighted by atomic mass is 10.1. The van der Waals surface area contributed by atoms with Gasteiger partial charge >= 0.3 is 0 Å². The molecule has 0 amide bonds. The fourth-order valence-corrected chi connectivity index (χ4v) is 1.12. The van der Waals surface area contributed by atoms with E-state index < -0.39 is 0 Å². The maximum absolute atomic E-state index is 9.40. The highest BCUT2D eigenvalue weighted by Crippen LogP contribution is 2.28. The van der Waals surface area contributed by atoms with Gasteiger partial charge in [-0.3, -0.25) is 0 Å². The monoisotopic (exact) mass is 181 g/mol. The summed E-state index contributed by atoms with van der Waals surface area (Å²) in [4.78, 5) is 0. The van der Waals surface area contributed by atoms with E-state index in [0.29, 0.717) is 5.56 Å². The Morgan fingerprint density at radius 3 is 2.31 bits per heavy atom. The van der Waals surface area contributed by atoms with Gasteiger partial charge in [-0.25, -0.2) is 0 Å².